The molecule has 0 spiro atoms. The molecule has 0 aliphatic rings. The van der Waals surface area contributed by atoms with Crippen molar-refractivity contribution >= 4 is 19.5 Å². The Labute approximate surface area is 314 Å². The van der Waals surface area contributed by atoms with E-state index in [1.54, 1.807) is 0 Å². The third kappa shape index (κ3) is 38.1. The quantitative estimate of drug-likeness (QED) is 0.0218. The molecule has 2 N–H and O–H groups in total. The van der Waals surface area contributed by atoms with Crippen molar-refractivity contribution in [2.45, 2.75) is 206 Å². The van der Waals surface area contributed by atoms with E-state index in [0.29, 0.717) is 6.42 Å². The number of allylic oxidation sites excluding steroid dienone is 4. The van der Waals surface area contributed by atoms with Gasteiger partial charge in [0.2, 0.25) is 6.29 Å². The van der Waals surface area contributed by atoms with Gasteiger partial charge in [0.25, 0.3) is 0 Å². The minimum Gasteiger partial charge on any atom is -0.465 e. The fraction of sp³-hybridized carbons (Fsp3) is 0.857. The zero-order valence-corrected chi connectivity index (χ0v) is 34.3. The molecule has 0 heterocycles. The Morgan fingerprint density at radius 2 is 0.961 bits per heavy atom. The largest absolute Gasteiger partial charge is 0.465 e. The van der Waals surface area contributed by atoms with Crippen molar-refractivity contribution in [1.82, 2.24) is 0 Å². The van der Waals surface area contributed by atoms with E-state index in [4.69, 9.17) is 24.3 Å². The van der Waals surface area contributed by atoms with Crippen molar-refractivity contribution in [1.29, 1.82) is 0 Å². The molecule has 9 heteroatoms. The fourth-order valence-electron chi connectivity index (χ4n) is 5.82. The van der Waals surface area contributed by atoms with Gasteiger partial charge in [-0.15, -0.1) is 0 Å². The van der Waals surface area contributed by atoms with Crippen LogP contribution in [0.5, 0.6) is 0 Å². The number of unbranched alkanes of at least 4 members (excludes halogenated alkanes) is 22. The van der Waals surface area contributed by atoms with Crippen LogP contribution >= 0.6 is 7.60 Å². The van der Waals surface area contributed by atoms with Crippen molar-refractivity contribution in [3.63, 3.8) is 0 Å². The molecule has 0 aliphatic heterocycles. The first-order valence-electron chi connectivity index (χ1n) is 21.1. The van der Waals surface area contributed by atoms with E-state index in [0.717, 1.165) is 64.2 Å². The lowest BCUT2D eigenvalue weighted by molar-refractivity contribution is -0.167. The summed E-state index contributed by atoms with van der Waals surface area (Å²) in [6, 6.07) is 0. The van der Waals surface area contributed by atoms with Gasteiger partial charge in [0, 0.05) is 32.5 Å². The minimum atomic E-state index is -3.50. The molecule has 0 saturated carbocycles. The van der Waals surface area contributed by atoms with Crippen LogP contribution in [0.25, 0.3) is 0 Å². The molecule has 0 aromatic heterocycles. The van der Waals surface area contributed by atoms with Gasteiger partial charge in [-0.05, 0) is 64.2 Å². The highest BCUT2D eigenvalue weighted by Gasteiger charge is 2.26. The lowest BCUT2D eigenvalue weighted by Crippen LogP contribution is -2.24. The summed E-state index contributed by atoms with van der Waals surface area (Å²) < 4.78 is 34.4. The number of ether oxygens (including phenoxy) is 2. The number of rotatable bonds is 39. The zero-order valence-electron chi connectivity index (χ0n) is 33.4. The predicted octanol–water partition coefficient (Wildman–Crippen LogP) is 12.7. The predicted molar refractivity (Wildman–Crippen MR) is 214 cm³/mol. The number of nitrogens with two attached hydrogens (primary N) is 1. The molecular weight excluding hydrogens is 661 g/mol. The number of hydrogen-bond acceptors (Lipinski definition) is 8. The Bertz CT molecular complexity index is 894. The Morgan fingerprint density at radius 3 is 1.39 bits per heavy atom. The van der Waals surface area contributed by atoms with Crippen LogP contribution in [0.3, 0.4) is 0 Å². The second-order valence-electron chi connectivity index (χ2n) is 14.1. The lowest BCUT2D eigenvalue weighted by atomic mass is 10.1. The van der Waals surface area contributed by atoms with Gasteiger partial charge in [0.05, 0.1) is 13.2 Å². The molecule has 0 bridgehead atoms. The van der Waals surface area contributed by atoms with E-state index >= 15 is 0 Å². The zero-order chi connectivity index (χ0) is 37.5. The van der Waals surface area contributed by atoms with Crippen LogP contribution < -0.4 is 5.73 Å². The first kappa shape index (κ1) is 49.5. The summed E-state index contributed by atoms with van der Waals surface area (Å²) in [6.45, 7) is 6.09. The van der Waals surface area contributed by atoms with Gasteiger partial charge >= 0.3 is 19.5 Å². The SMILES string of the molecule is CCCCCCCC/C=C\CCCCCCCC(=O)OCCC(OC(=O)CCCCCCC/C=C\CCCCCCCC)OP(C)(=O)OCCN. The Hall–Kier alpha value is -1.47. The summed E-state index contributed by atoms with van der Waals surface area (Å²) in [5.41, 5.74) is 5.47. The Kier molecular flexibility index (Phi) is 37.2. The van der Waals surface area contributed by atoms with Crippen LogP contribution in [0.1, 0.15) is 200 Å². The van der Waals surface area contributed by atoms with Crippen LogP contribution in [0, 0.1) is 0 Å². The van der Waals surface area contributed by atoms with Gasteiger partial charge < -0.3 is 19.7 Å². The smallest absolute Gasteiger partial charge is 0.330 e. The van der Waals surface area contributed by atoms with E-state index in [1.165, 1.54) is 109 Å². The Morgan fingerprint density at radius 1 is 0.569 bits per heavy atom. The van der Waals surface area contributed by atoms with Gasteiger partial charge in [-0.25, -0.2) is 0 Å². The van der Waals surface area contributed by atoms with Crippen LogP contribution in [0.2, 0.25) is 0 Å². The Balaban J connectivity index is 4.13. The molecule has 0 radical (unpaired) electrons. The van der Waals surface area contributed by atoms with Crippen LogP contribution in [0.15, 0.2) is 24.3 Å². The maximum Gasteiger partial charge on any atom is 0.330 e. The van der Waals surface area contributed by atoms with Crippen LogP contribution in [-0.4, -0.2) is 44.7 Å². The molecule has 2 atom stereocenters. The highest BCUT2D eigenvalue weighted by atomic mass is 31.2. The highest BCUT2D eigenvalue weighted by Crippen LogP contribution is 2.45. The van der Waals surface area contributed by atoms with Gasteiger partial charge in [0.15, 0.2) is 0 Å². The molecule has 0 saturated heterocycles. The lowest BCUT2D eigenvalue weighted by Gasteiger charge is -2.22. The van der Waals surface area contributed by atoms with Crippen molar-refractivity contribution < 1.29 is 32.7 Å². The first-order chi connectivity index (χ1) is 24.8. The van der Waals surface area contributed by atoms with Crippen LogP contribution in [-0.2, 0) is 32.7 Å². The van der Waals surface area contributed by atoms with Crippen molar-refractivity contribution in [3.05, 3.63) is 24.3 Å². The molecule has 0 aromatic rings. The summed E-state index contributed by atoms with van der Waals surface area (Å²) in [7, 11) is -3.50. The topological polar surface area (TPSA) is 114 Å². The average molecular weight is 742 g/mol. The molecule has 0 rings (SSSR count). The van der Waals surface area contributed by atoms with E-state index in [1.807, 2.05) is 0 Å². The van der Waals surface area contributed by atoms with Crippen molar-refractivity contribution in [2.75, 3.05) is 26.4 Å². The average Bonchev–Trinajstić information content (AvgIpc) is 3.10. The number of hydrogen-bond donors (Lipinski definition) is 1. The molecule has 8 nitrogen and oxygen atoms in total. The monoisotopic (exact) mass is 742 g/mol. The molecule has 0 fully saturated rings. The van der Waals surface area contributed by atoms with E-state index in [-0.39, 0.29) is 38.6 Å². The number of carbonyl (C=O) groups is 2. The summed E-state index contributed by atoms with van der Waals surface area (Å²) in [5, 5.41) is 0. The van der Waals surface area contributed by atoms with Gasteiger partial charge in [-0.2, -0.15) is 0 Å². The minimum absolute atomic E-state index is 0.00610. The third-order valence-corrected chi connectivity index (χ3v) is 10.2. The van der Waals surface area contributed by atoms with Crippen LogP contribution in [0.4, 0.5) is 0 Å². The van der Waals surface area contributed by atoms with Gasteiger partial charge in [-0.1, -0.05) is 141 Å². The highest BCUT2D eigenvalue weighted by molar-refractivity contribution is 7.53. The fourth-order valence-corrected chi connectivity index (χ4v) is 6.90. The van der Waals surface area contributed by atoms with E-state index < -0.39 is 19.9 Å². The van der Waals surface area contributed by atoms with Gasteiger partial charge in [-0.3, -0.25) is 18.7 Å². The molecule has 300 valence electrons. The summed E-state index contributed by atoms with van der Waals surface area (Å²) in [4.78, 5) is 24.9. The second kappa shape index (κ2) is 38.3. The molecule has 2 unspecified atom stereocenters. The third-order valence-electron chi connectivity index (χ3n) is 8.92. The summed E-state index contributed by atoms with van der Waals surface area (Å²) in [6.07, 6.45) is 39.8. The number of esters is 2. The standard InChI is InChI=1S/C42H80NO7P/c1-4-6-8-10-12-14-16-18-20-22-24-26-28-30-32-34-40(44)47-38-36-42(50-51(3,46)48-39-37-43)49-41(45)35-33-31-29-27-25-23-21-19-17-15-13-11-9-7-5-2/h18-21,42H,4-17,22-39,43H2,1-3H3/b20-18-,21-19-. The maximum absolute atomic E-state index is 12.7. The molecule has 0 amide bonds. The molecule has 0 aromatic carbocycles. The van der Waals surface area contributed by atoms with Gasteiger partial charge in [0.1, 0.15) is 0 Å². The molecular formula is C42H80NO7P. The van der Waals surface area contributed by atoms with E-state index in [2.05, 4.69) is 38.2 Å². The van der Waals surface area contributed by atoms with E-state index in [9.17, 15) is 14.2 Å². The first-order valence-corrected chi connectivity index (χ1v) is 23.1. The van der Waals surface area contributed by atoms with Crippen molar-refractivity contribution in [2.24, 2.45) is 5.73 Å². The summed E-state index contributed by atoms with van der Waals surface area (Å²) >= 11 is 0. The van der Waals surface area contributed by atoms with Crippen molar-refractivity contribution in [3.8, 4) is 0 Å². The summed E-state index contributed by atoms with van der Waals surface area (Å²) in [5.74, 6) is -0.707. The molecule has 51 heavy (non-hydrogen) atoms. The maximum atomic E-state index is 12.7. The normalized spacial score (nSPS) is 13.6. The number of carbonyl (C=O) groups excluding carboxylic acids is 2. The second-order valence-corrected chi connectivity index (χ2v) is 16.1. The molecule has 0 aliphatic carbocycles.